The second-order valence-electron chi connectivity index (χ2n) is 6.91. The summed E-state index contributed by atoms with van der Waals surface area (Å²) in [5.74, 6) is -0.0622. The van der Waals surface area contributed by atoms with E-state index in [1.807, 2.05) is 7.05 Å². The molecule has 134 valence electrons. The molecule has 0 radical (unpaired) electrons. The molecule has 1 heterocycles. The first-order chi connectivity index (χ1) is 12.6. The van der Waals surface area contributed by atoms with Crippen molar-refractivity contribution in [2.24, 2.45) is 0 Å². The second kappa shape index (κ2) is 6.80. The molecular formula is C20H22N4O2. The molecule has 0 bridgehead atoms. The van der Waals surface area contributed by atoms with E-state index in [0.29, 0.717) is 17.7 Å². The van der Waals surface area contributed by atoms with Gasteiger partial charge in [0.05, 0.1) is 17.6 Å². The van der Waals surface area contributed by atoms with Crippen LogP contribution >= 0.6 is 0 Å². The van der Waals surface area contributed by atoms with Gasteiger partial charge in [-0.15, -0.1) is 0 Å². The molecular weight excluding hydrogens is 328 g/mol. The first-order valence-corrected chi connectivity index (χ1v) is 8.90. The lowest BCUT2D eigenvalue weighted by molar-refractivity contribution is -0.117. The van der Waals surface area contributed by atoms with Crippen LogP contribution in [0.2, 0.25) is 0 Å². The van der Waals surface area contributed by atoms with Gasteiger partial charge in [0.2, 0.25) is 5.91 Å². The SMILES string of the molecule is CN(CC(=O)Nc1ccc2[nH]c(=O)[nH]c2c1)[C@H]1CCCc2ccccc21. The van der Waals surface area contributed by atoms with Gasteiger partial charge in [-0.2, -0.15) is 0 Å². The molecule has 0 fully saturated rings. The van der Waals surface area contributed by atoms with E-state index in [-0.39, 0.29) is 17.6 Å². The Morgan fingerprint density at radius 1 is 1.19 bits per heavy atom. The highest BCUT2D eigenvalue weighted by Crippen LogP contribution is 2.33. The van der Waals surface area contributed by atoms with Gasteiger partial charge in [-0.05, 0) is 55.6 Å². The van der Waals surface area contributed by atoms with E-state index in [1.165, 1.54) is 11.1 Å². The van der Waals surface area contributed by atoms with Crippen molar-refractivity contribution < 1.29 is 4.79 Å². The number of aryl methyl sites for hydroxylation is 1. The summed E-state index contributed by atoms with van der Waals surface area (Å²) in [6.45, 7) is 0.320. The molecule has 3 N–H and O–H groups in total. The average Bonchev–Trinajstić information content (AvgIpc) is 3.00. The van der Waals surface area contributed by atoms with Crippen LogP contribution < -0.4 is 11.0 Å². The van der Waals surface area contributed by atoms with Gasteiger partial charge in [0.25, 0.3) is 0 Å². The number of hydrogen-bond donors (Lipinski definition) is 3. The maximum absolute atomic E-state index is 12.5. The predicted octanol–water partition coefficient (Wildman–Crippen LogP) is 2.80. The number of nitrogens with zero attached hydrogens (tertiary/aromatic N) is 1. The Balaban J connectivity index is 1.45. The van der Waals surface area contributed by atoms with Gasteiger partial charge in [-0.1, -0.05) is 24.3 Å². The predicted molar refractivity (Wildman–Crippen MR) is 102 cm³/mol. The summed E-state index contributed by atoms with van der Waals surface area (Å²) in [7, 11) is 2.00. The molecule has 1 aliphatic rings. The first kappa shape index (κ1) is 16.6. The molecule has 6 heteroatoms. The van der Waals surface area contributed by atoms with Gasteiger partial charge in [-0.25, -0.2) is 4.79 Å². The van der Waals surface area contributed by atoms with Crippen LogP contribution in [0.3, 0.4) is 0 Å². The molecule has 0 aliphatic heterocycles. The van der Waals surface area contributed by atoms with E-state index in [9.17, 15) is 9.59 Å². The topological polar surface area (TPSA) is 81.0 Å². The largest absolute Gasteiger partial charge is 0.325 e. The molecule has 2 aromatic carbocycles. The number of imidazole rings is 1. The average molecular weight is 350 g/mol. The highest BCUT2D eigenvalue weighted by molar-refractivity contribution is 5.94. The molecule has 0 spiro atoms. The fraction of sp³-hybridized carbons (Fsp3) is 0.300. The van der Waals surface area contributed by atoms with Crippen molar-refractivity contribution in [1.82, 2.24) is 14.9 Å². The lowest BCUT2D eigenvalue weighted by atomic mass is 9.87. The van der Waals surface area contributed by atoms with Crippen molar-refractivity contribution in [3.8, 4) is 0 Å². The number of anilines is 1. The Labute approximate surface area is 151 Å². The highest BCUT2D eigenvalue weighted by Gasteiger charge is 2.24. The Kier molecular flexibility index (Phi) is 4.34. The van der Waals surface area contributed by atoms with Crippen LogP contribution in [0.15, 0.2) is 47.3 Å². The smallest absolute Gasteiger partial charge is 0.323 e. The number of H-pyrrole nitrogens is 2. The number of hydrogen-bond acceptors (Lipinski definition) is 3. The highest BCUT2D eigenvalue weighted by atomic mass is 16.2. The van der Waals surface area contributed by atoms with Gasteiger partial charge < -0.3 is 15.3 Å². The van der Waals surface area contributed by atoms with Crippen LogP contribution in [0.1, 0.15) is 30.0 Å². The van der Waals surface area contributed by atoms with Crippen LogP contribution in [-0.2, 0) is 11.2 Å². The van der Waals surface area contributed by atoms with Gasteiger partial charge in [0, 0.05) is 11.7 Å². The van der Waals surface area contributed by atoms with Gasteiger partial charge >= 0.3 is 5.69 Å². The molecule has 1 aliphatic carbocycles. The van der Waals surface area contributed by atoms with Crippen LogP contribution in [0, 0.1) is 0 Å². The number of rotatable bonds is 4. The van der Waals surface area contributed by atoms with Crippen LogP contribution in [0.5, 0.6) is 0 Å². The van der Waals surface area contributed by atoms with E-state index in [4.69, 9.17) is 0 Å². The zero-order valence-electron chi connectivity index (χ0n) is 14.7. The molecule has 0 saturated heterocycles. The first-order valence-electron chi connectivity index (χ1n) is 8.90. The number of carbonyl (C=O) groups is 1. The van der Waals surface area contributed by atoms with E-state index >= 15 is 0 Å². The minimum Gasteiger partial charge on any atom is -0.325 e. The van der Waals surface area contributed by atoms with E-state index in [2.05, 4.69) is 44.5 Å². The number of benzene rings is 2. The maximum Gasteiger partial charge on any atom is 0.323 e. The molecule has 0 saturated carbocycles. The number of aromatic amines is 2. The summed E-state index contributed by atoms with van der Waals surface area (Å²) in [6.07, 6.45) is 3.32. The third-order valence-electron chi connectivity index (χ3n) is 5.06. The Hall–Kier alpha value is -2.86. The summed E-state index contributed by atoms with van der Waals surface area (Å²) in [6, 6.07) is 14.1. The molecule has 1 aromatic heterocycles. The molecule has 0 unspecified atom stereocenters. The lowest BCUT2D eigenvalue weighted by Gasteiger charge is -2.32. The maximum atomic E-state index is 12.5. The molecule has 4 rings (SSSR count). The van der Waals surface area contributed by atoms with E-state index in [0.717, 1.165) is 24.8 Å². The molecule has 3 aromatic rings. The molecule has 1 amide bonds. The Bertz CT molecular complexity index is 1000. The quantitative estimate of drug-likeness (QED) is 0.677. The van der Waals surface area contributed by atoms with Crippen molar-refractivity contribution in [2.45, 2.75) is 25.3 Å². The number of carbonyl (C=O) groups excluding carboxylic acids is 1. The Morgan fingerprint density at radius 3 is 2.88 bits per heavy atom. The van der Waals surface area contributed by atoms with Crippen molar-refractivity contribution in [1.29, 1.82) is 0 Å². The van der Waals surface area contributed by atoms with Crippen molar-refractivity contribution >= 4 is 22.6 Å². The summed E-state index contributed by atoms with van der Waals surface area (Å²) in [4.78, 5) is 31.3. The minimum atomic E-state index is -0.251. The zero-order chi connectivity index (χ0) is 18.1. The summed E-state index contributed by atoms with van der Waals surface area (Å²) in [5, 5.41) is 2.92. The Morgan fingerprint density at radius 2 is 2.00 bits per heavy atom. The summed E-state index contributed by atoms with van der Waals surface area (Å²) < 4.78 is 0. The number of fused-ring (bicyclic) bond motifs is 2. The standard InChI is InChI=1S/C20H22N4O2/c1-24(18-8-4-6-13-5-2-3-7-15(13)18)12-19(25)21-14-9-10-16-17(11-14)23-20(26)22-16/h2-3,5,7,9-11,18H,4,6,8,12H2,1H3,(H,21,25)(H2,22,23,26)/t18-/m0/s1. The van der Waals surface area contributed by atoms with Crippen molar-refractivity contribution in [3.63, 3.8) is 0 Å². The normalized spacial score (nSPS) is 16.6. The molecule has 6 nitrogen and oxygen atoms in total. The molecule has 26 heavy (non-hydrogen) atoms. The summed E-state index contributed by atoms with van der Waals surface area (Å²) >= 11 is 0. The van der Waals surface area contributed by atoms with E-state index in [1.54, 1.807) is 18.2 Å². The zero-order valence-corrected chi connectivity index (χ0v) is 14.7. The van der Waals surface area contributed by atoms with Gasteiger partial charge in [0.15, 0.2) is 0 Å². The number of nitrogens with one attached hydrogen (secondary N) is 3. The number of aromatic nitrogens is 2. The third-order valence-corrected chi connectivity index (χ3v) is 5.06. The lowest BCUT2D eigenvalue weighted by Crippen LogP contribution is -2.34. The number of likely N-dealkylation sites (N-methyl/N-ethyl adjacent to an activating group) is 1. The minimum absolute atomic E-state index is 0.0622. The van der Waals surface area contributed by atoms with Crippen molar-refractivity contribution in [2.75, 3.05) is 18.9 Å². The van der Waals surface area contributed by atoms with Crippen LogP contribution in [0.25, 0.3) is 11.0 Å². The second-order valence-corrected chi connectivity index (χ2v) is 6.91. The van der Waals surface area contributed by atoms with Crippen LogP contribution in [0.4, 0.5) is 5.69 Å². The fourth-order valence-corrected chi connectivity index (χ4v) is 3.83. The van der Waals surface area contributed by atoms with Crippen LogP contribution in [-0.4, -0.2) is 34.4 Å². The van der Waals surface area contributed by atoms with Gasteiger partial charge in [0.1, 0.15) is 0 Å². The van der Waals surface area contributed by atoms with Gasteiger partial charge in [-0.3, -0.25) is 9.69 Å². The fourth-order valence-electron chi connectivity index (χ4n) is 3.83. The monoisotopic (exact) mass is 350 g/mol. The third kappa shape index (κ3) is 3.28. The molecule has 1 atom stereocenters. The number of amides is 1. The summed E-state index contributed by atoms with van der Waals surface area (Å²) in [5.41, 5.74) is 4.55. The van der Waals surface area contributed by atoms with E-state index < -0.39 is 0 Å². The van der Waals surface area contributed by atoms with Crippen molar-refractivity contribution in [3.05, 3.63) is 64.1 Å².